The number of aromatic amines is 2. The lowest BCUT2D eigenvalue weighted by Gasteiger charge is -2.44. The van der Waals surface area contributed by atoms with E-state index in [0.717, 1.165) is 87.4 Å². The van der Waals surface area contributed by atoms with Gasteiger partial charge in [0.25, 0.3) is 0 Å². The van der Waals surface area contributed by atoms with Gasteiger partial charge in [0.05, 0.1) is 84.1 Å². The van der Waals surface area contributed by atoms with Crippen LogP contribution in [0.4, 0.5) is 0 Å². The minimum Gasteiger partial charge on any atom is -0.463 e. The molecule has 446 valence electrons. The van der Waals surface area contributed by atoms with E-state index in [-0.39, 0.29) is 30.8 Å². The summed E-state index contributed by atoms with van der Waals surface area (Å²) in [6, 6.07) is 6.12. The van der Waals surface area contributed by atoms with Crippen LogP contribution in [0.2, 0.25) is 0 Å². The first kappa shape index (κ1) is 64.1. The zero-order valence-corrected chi connectivity index (χ0v) is 49.2. The molecular weight excluding hydrogens is 1050 g/mol. The Morgan fingerprint density at radius 3 is 1.75 bits per heavy atom. The van der Waals surface area contributed by atoms with Gasteiger partial charge in [-0.3, -0.25) is 29.0 Å². The van der Waals surface area contributed by atoms with Crippen LogP contribution in [-0.2, 0) is 93.8 Å². The van der Waals surface area contributed by atoms with Crippen molar-refractivity contribution in [2.45, 2.75) is 138 Å². The maximum atomic E-state index is 14.4. The number of allylic oxidation sites excluding steroid dienone is 1. The summed E-state index contributed by atoms with van der Waals surface area (Å²) in [5.74, 6) is -3.24. The number of ether oxygens (including phenoxy) is 12. The van der Waals surface area contributed by atoms with E-state index in [1.54, 1.807) is 19.1 Å². The third-order valence-corrected chi connectivity index (χ3v) is 14.5. The van der Waals surface area contributed by atoms with Gasteiger partial charge in [-0.15, -0.1) is 0 Å². The number of hydrogen-bond acceptors (Lipinski definition) is 19. The number of carbonyl (C=O) groups excluding carboxylic acids is 5. The molecule has 81 heavy (non-hydrogen) atoms. The molecule has 6 rings (SSSR count). The number of aryl methyl sites for hydroxylation is 3. The molecule has 22 nitrogen and oxygen atoms in total. The van der Waals surface area contributed by atoms with E-state index in [2.05, 4.69) is 42.9 Å². The summed E-state index contributed by atoms with van der Waals surface area (Å²) >= 11 is 0. The summed E-state index contributed by atoms with van der Waals surface area (Å²) in [6.07, 6.45) is -3.24. The van der Waals surface area contributed by atoms with E-state index in [4.69, 9.17) is 66.8 Å². The molecule has 1 amide bonds. The summed E-state index contributed by atoms with van der Waals surface area (Å²) in [5.41, 5.74) is 12.0. The van der Waals surface area contributed by atoms with Crippen LogP contribution in [0.15, 0.2) is 18.2 Å². The number of amides is 1. The van der Waals surface area contributed by atoms with Crippen LogP contribution in [0.5, 0.6) is 0 Å². The minimum absolute atomic E-state index is 0.0390. The number of carbonyl (C=O) groups is 5. The molecule has 3 aliphatic rings. The third-order valence-electron chi connectivity index (χ3n) is 14.5. The molecule has 0 aliphatic carbocycles. The van der Waals surface area contributed by atoms with Crippen LogP contribution in [0, 0.1) is 20.8 Å². The van der Waals surface area contributed by atoms with Crippen LogP contribution >= 0.6 is 0 Å². The number of nitrogens with zero attached hydrogens (tertiary/aromatic N) is 3. The summed E-state index contributed by atoms with van der Waals surface area (Å²) in [4.78, 5) is 83.9. The van der Waals surface area contributed by atoms with Crippen LogP contribution in [-0.4, -0.2) is 185 Å². The number of nitrogens with one attached hydrogen (secondary N) is 2. The van der Waals surface area contributed by atoms with Gasteiger partial charge in [0.1, 0.15) is 12.7 Å². The SMILES string of the molecule is CCc1c(C)c2cc3[nH]c(cc4nc(c(C)c5nc(cc1[nH]2)C(C)=C5)[C@@H](CCC(=O)N(CCOCCOCCOC)CCOCCOCCOC)[C@@H]4C)c(C)c3CO[C@@H]1O[C@H](COC(C)=O)[C@@H](OC(C)=O)[C@H](OC(C)=O)[C@H]1OC(C)=O. The Labute approximate surface area is 474 Å². The zero-order chi connectivity index (χ0) is 58.8. The lowest BCUT2D eigenvalue weighted by Crippen LogP contribution is -2.62. The third kappa shape index (κ3) is 17.7. The highest BCUT2D eigenvalue weighted by atomic mass is 16.7. The van der Waals surface area contributed by atoms with Crippen LogP contribution in [0.25, 0.3) is 33.7 Å². The second-order valence-electron chi connectivity index (χ2n) is 20.3. The Balaban J connectivity index is 1.39. The molecule has 3 aliphatic heterocycles. The molecule has 7 atom stereocenters. The fourth-order valence-electron chi connectivity index (χ4n) is 10.2. The summed E-state index contributed by atoms with van der Waals surface area (Å²) < 4.78 is 68.3. The quantitative estimate of drug-likeness (QED) is 0.0394. The highest BCUT2D eigenvalue weighted by molar-refractivity contribution is 5.85. The minimum atomic E-state index is -1.42. The smallest absolute Gasteiger partial charge is 0.303 e. The first-order valence-electron chi connectivity index (χ1n) is 27.7. The fraction of sp³-hybridized carbons (Fsp3) is 0.610. The van der Waals surface area contributed by atoms with Crippen LogP contribution < -0.4 is 0 Å². The molecule has 6 heterocycles. The van der Waals surface area contributed by atoms with Crippen molar-refractivity contribution in [3.63, 3.8) is 0 Å². The number of hydrogen-bond donors (Lipinski definition) is 2. The summed E-state index contributed by atoms with van der Waals surface area (Å²) in [6.45, 7) is 21.4. The van der Waals surface area contributed by atoms with Gasteiger partial charge in [-0.25, -0.2) is 4.98 Å². The van der Waals surface area contributed by atoms with Crippen LogP contribution in [0.3, 0.4) is 0 Å². The van der Waals surface area contributed by atoms with Gasteiger partial charge in [-0.05, 0) is 92.6 Å². The first-order valence-corrected chi connectivity index (χ1v) is 27.7. The molecule has 0 unspecified atom stereocenters. The molecule has 8 bridgehead atoms. The Morgan fingerprint density at radius 1 is 0.630 bits per heavy atom. The van der Waals surface area contributed by atoms with E-state index < -0.39 is 61.2 Å². The average molecular weight is 1130 g/mol. The van der Waals surface area contributed by atoms with Gasteiger partial charge < -0.3 is 71.7 Å². The van der Waals surface area contributed by atoms with Crippen molar-refractivity contribution in [1.82, 2.24) is 24.8 Å². The Bertz CT molecular complexity index is 2820. The Hall–Kier alpha value is -6.11. The van der Waals surface area contributed by atoms with Crippen molar-refractivity contribution in [3.8, 4) is 0 Å². The number of fused-ring (bicyclic) bond motifs is 8. The number of H-pyrrole nitrogens is 2. The Morgan fingerprint density at radius 2 is 1.17 bits per heavy atom. The van der Waals surface area contributed by atoms with E-state index in [0.29, 0.717) is 96.7 Å². The number of methoxy groups -OCH3 is 2. The fourth-order valence-corrected chi connectivity index (χ4v) is 10.2. The van der Waals surface area contributed by atoms with Crippen molar-refractivity contribution in [1.29, 1.82) is 0 Å². The maximum absolute atomic E-state index is 14.4. The predicted octanol–water partition coefficient (Wildman–Crippen LogP) is 6.82. The summed E-state index contributed by atoms with van der Waals surface area (Å²) in [7, 11) is 3.24. The van der Waals surface area contributed by atoms with Gasteiger partial charge in [0.2, 0.25) is 5.91 Å². The number of rotatable bonds is 30. The molecule has 0 spiro atoms. The highest BCUT2D eigenvalue weighted by Gasteiger charge is 2.53. The molecule has 2 N–H and O–H groups in total. The molecule has 0 saturated carbocycles. The van der Waals surface area contributed by atoms with Crippen molar-refractivity contribution in [3.05, 3.63) is 68.8 Å². The van der Waals surface area contributed by atoms with Crippen molar-refractivity contribution < 1.29 is 80.8 Å². The molecular formula is C59H83N5O17. The maximum Gasteiger partial charge on any atom is 0.303 e. The Kier molecular flexibility index (Phi) is 24.8. The average Bonchev–Trinajstić information content (AvgIpc) is 4.31. The van der Waals surface area contributed by atoms with Gasteiger partial charge in [-0.2, -0.15) is 0 Å². The zero-order valence-electron chi connectivity index (χ0n) is 49.2. The highest BCUT2D eigenvalue weighted by Crippen LogP contribution is 2.42. The van der Waals surface area contributed by atoms with E-state index in [1.807, 2.05) is 32.9 Å². The van der Waals surface area contributed by atoms with Crippen molar-refractivity contribution >= 4 is 63.5 Å². The summed E-state index contributed by atoms with van der Waals surface area (Å²) in [5, 5.41) is 0. The molecule has 0 radical (unpaired) electrons. The predicted molar refractivity (Wildman–Crippen MR) is 299 cm³/mol. The lowest BCUT2D eigenvalue weighted by atomic mass is 9.85. The monoisotopic (exact) mass is 1130 g/mol. The second-order valence-corrected chi connectivity index (χ2v) is 20.3. The van der Waals surface area contributed by atoms with E-state index in [1.165, 1.54) is 13.8 Å². The van der Waals surface area contributed by atoms with Gasteiger partial charge in [0.15, 0.2) is 24.6 Å². The van der Waals surface area contributed by atoms with Gasteiger partial charge >= 0.3 is 23.9 Å². The standard InChI is InChI=1S/C59H83N5O17/c1-13-43-35(3)49-31-52-45(32-77-59-58(80-42(10)68)57(79-41(9)67)56(78-40(8)66)53(81-59)33-76-39(7)65)37(5)48(62-52)30-50-36(4)44(55(63-50)38(6)47-28-34(2)46(60-47)29-51(43)61-49)14-15-54(69)64(16-18-72-24-26-74-22-20-70-11)17-19-73-25-27-75-23-21-71-12/h28-31,36,44,53,56-59,61-62H,13-27,32-33H2,1-12H3/t36-,44-,53+,56+,57-,58+,59+/m0/s1. The molecule has 22 heteroatoms. The largest absolute Gasteiger partial charge is 0.463 e. The van der Waals surface area contributed by atoms with Crippen molar-refractivity contribution in [2.75, 3.05) is 100.0 Å². The van der Waals surface area contributed by atoms with E-state index >= 15 is 0 Å². The number of aromatic nitrogens is 4. The van der Waals surface area contributed by atoms with E-state index in [9.17, 15) is 24.0 Å². The lowest BCUT2D eigenvalue weighted by molar-refractivity contribution is -0.310. The number of esters is 4. The second kappa shape index (κ2) is 31.4. The van der Waals surface area contributed by atoms with Gasteiger partial charge in [-0.1, -0.05) is 13.8 Å². The molecule has 0 aromatic carbocycles. The normalized spacial score (nSPS) is 19.7. The molecule has 3 aromatic heterocycles. The van der Waals surface area contributed by atoms with Crippen molar-refractivity contribution in [2.24, 2.45) is 0 Å². The molecule has 1 fully saturated rings. The first-order chi connectivity index (χ1) is 38.8. The molecule has 3 aromatic rings. The van der Waals surface area contributed by atoms with Crippen LogP contribution in [0.1, 0.15) is 124 Å². The topological polar surface area (TPSA) is 257 Å². The van der Waals surface area contributed by atoms with Gasteiger partial charge in [0, 0.05) is 112 Å². The molecule has 1 saturated heterocycles.